The minimum Gasteiger partial charge on any atom is -0.481 e. The third kappa shape index (κ3) is 2.51. The van der Waals surface area contributed by atoms with Crippen LogP contribution in [0, 0.1) is 5.92 Å². The zero-order valence-electron chi connectivity index (χ0n) is 11.6. The molecule has 2 aromatic rings. The Labute approximate surface area is 117 Å². The molecule has 0 saturated carbocycles. The van der Waals surface area contributed by atoms with Crippen molar-refractivity contribution in [2.24, 2.45) is 5.92 Å². The summed E-state index contributed by atoms with van der Waals surface area (Å²) in [5.41, 5.74) is 0.820. The molecule has 0 spiro atoms. The van der Waals surface area contributed by atoms with Gasteiger partial charge in [-0.2, -0.15) is 4.98 Å². The highest BCUT2D eigenvalue weighted by atomic mass is 16.5. The van der Waals surface area contributed by atoms with Gasteiger partial charge in [-0.3, -0.25) is 0 Å². The van der Waals surface area contributed by atoms with Crippen LogP contribution >= 0.6 is 0 Å². The van der Waals surface area contributed by atoms with Gasteiger partial charge in [-0.05, 0) is 18.4 Å². The lowest BCUT2D eigenvalue weighted by molar-refractivity contribution is 0.0392. The summed E-state index contributed by atoms with van der Waals surface area (Å²) in [4.78, 5) is 8.64. The fourth-order valence-electron chi connectivity index (χ4n) is 2.38. The van der Waals surface area contributed by atoms with Crippen molar-refractivity contribution >= 4 is 0 Å². The van der Waals surface area contributed by atoms with Crippen molar-refractivity contribution in [1.29, 1.82) is 0 Å². The molecular formula is C14H17N3O3. The first kappa shape index (κ1) is 13.1. The van der Waals surface area contributed by atoms with Gasteiger partial charge in [0.2, 0.25) is 17.6 Å². The van der Waals surface area contributed by atoms with E-state index in [-0.39, 0.29) is 5.92 Å². The average molecular weight is 275 g/mol. The molecule has 0 amide bonds. The van der Waals surface area contributed by atoms with Gasteiger partial charge < -0.3 is 14.0 Å². The Morgan fingerprint density at radius 2 is 2.25 bits per heavy atom. The van der Waals surface area contributed by atoms with Crippen LogP contribution in [0.25, 0.3) is 11.4 Å². The van der Waals surface area contributed by atoms with Crippen LogP contribution in [0.15, 0.2) is 22.9 Å². The summed E-state index contributed by atoms with van der Waals surface area (Å²) in [6, 6.07) is 3.65. The van der Waals surface area contributed by atoms with Crippen molar-refractivity contribution in [2.75, 3.05) is 20.3 Å². The van der Waals surface area contributed by atoms with Gasteiger partial charge in [-0.1, -0.05) is 12.1 Å². The van der Waals surface area contributed by atoms with Crippen molar-refractivity contribution in [1.82, 2.24) is 15.1 Å². The topological polar surface area (TPSA) is 70.3 Å². The molecule has 106 valence electrons. The summed E-state index contributed by atoms with van der Waals surface area (Å²) in [5.74, 6) is 2.48. The molecule has 3 heterocycles. The van der Waals surface area contributed by atoms with E-state index in [1.807, 2.05) is 6.07 Å². The van der Waals surface area contributed by atoms with Crippen molar-refractivity contribution in [2.45, 2.75) is 19.3 Å². The Morgan fingerprint density at radius 1 is 1.35 bits per heavy atom. The molecule has 1 aliphatic heterocycles. The normalized spacial score (nSPS) is 22.7. The van der Waals surface area contributed by atoms with Crippen molar-refractivity contribution in [3.05, 3.63) is 24.2 Å². The van der Waals surface area contributed by atoms with Crippen LogP contribution in [0.4, 0.5) is 0 Å². The minimum atomic E-state index is 0.274. The number of rotatable bonds is 3. The molecule has 2 atom stereocenters. The number of ether oxygens (including phenoxy) is 2. The lowest BCUT2D eigenvalue weighted by atomic mass is 9.90. The standard InChI is InChI=1S/C14H17N3O3/c1-9-8-19-6-5-11(9)14-16-13(17-20-14)10-3-4-12(18-2)15-7-10/h3-4,7,9,11H,5-6,8H2,1-2H3/t9-,11-/m0/s1. The smallest absolute Gasteiger partial charge is 0.230 e. The fraction of sp³-hybridized carbons (Fsp3) is 0.500. The highest BCUT2D eigenvalue weighted by Gasteiger charge is 2.28. The third-order valence-electron chi connectivity index (χ3n) is 3.60. The summed E-state index contributed by atoms with van der Waals surface area (Å²) in [5, 5.41) is 4.04. The van der Waals surface area contributed by atoms with E-state index in [0.29, 0.717) is 23.5 Å². The molecule has 0 radical (unpaired) electrons. The molecule has 1 fully saturated rings. The van der Waals surface area contributed by atoms with Gasteiger partial charge in [0.25, 0.3) is 0 Å². The van der Waals surface area contributed by atoms with E-state index in [1.165, 1.54) is 0 Å². The molecule has 20 heavy (non-hydrogen) atoms. The Morgan fingerprint density at radius 3 is 2.95 bits per heavy atom. The lowest BCUT2D eigenvalue weighted by Gasteiger charge is -2.25. The number of methoxy groups -OCH3 is 1. The maximum absolute atomic E-state index is 5.44. The van der Waals surface area contributed by atoms with Crippen LogP contribution in [0.2, 0.25) is 0 Å². The molecule has 1 aliphatic rings. The first-order valence-corrected chi connectivity index (χ1v) is 6.69. The van der Waals surface area contributed by atoms with Gasteiger partial charge in [0, 0.05) is 37.0 Å². The molecule has 2 aromatic heterocycles. The predicted molar refractivity (Wildman–Crippen MR) is 71.4 cm³/mol. The number of aromatic nitrogens is 3. The van der Waals surface area contributed by atoms with E-state index in [4.69, 9.17) is 14.0 Å². The van der Waals surface area contributed by atoms with Crippen molar-refractivity contribution in [3.8, 4) is 17.3 Å². The van der Waals surface area contributed by atoms with Crippen LogP contribution in [-0.4, -0.2) is 35.4 Å². The van der Waals surface area contributed by atoms with Crippen molar-refractivity contribution in [3.63, 3.8) is 0 Å². The highest BCUT2D eigenvalue weighted by molar-refractivity contribution is 5.53. The second kappa shape index (κ2) is 5.58. The SMILES string of the molecule is COc1ccc(-c2noc([C@H]3CCOC[C@@H]3C)n2)cn1. The summed E-state index contributed by atoms with van der Waals surface area (Å²) in [6.45, 7) is 3.63. The van der Waals surface area contributed by atoms with Gasteiger partial charge in [0.1, 0.15) is 0 Å². The summed E-state index contributed by atoms with van der Waals surface area (Å²) < 4.78 is 15.9. The van der Waals surface area contributed by atoms with E-state index in [0.717, 1.165) is 25.2 Å². The quantitative estimate of drug-likeness (QED) is 0.855. The fourth-order valence-corrected chi connectivity index (χ4v) is 2.38. The van der Waals surface area contributed by atoms with Crippen LogP contribution in [0.3, 0.4) is 0 Å². The second-order valence-electron chi connectivity index (χ2n) is 4.99. The van der Waals surface area contributed by atoms with E-state index < -0.39 is 0 Å². The zero-order valence-corrected chi connectivity index (χ0v) is 11.6. The number of hydrogen-bond donors (Lipinski definition) is 0. The molecular weight excluding hydrogens is 258 g/mol. The van der Waals surface area contributed by atoms with E-state index in [9.17, 15) is 0 Å². The summed E-state index contributed by atoms with van der Waals surface area (Å²) in [7, 11) is 1.58. The Balaban J connectivity index is 1.81. The van der Waals surface area contributed by atoms with E-state index in [2.05, 4.69) is 22.0 Å². The van der Waals surface area contributed by atoms with Gasteiger partial charge in [-0.15, -0.1) is 0 Å². The predicted octanol–water partition coefficient (Wildman–Crippen LogP) is 2.28. The average Bonchev–Trinajstić information content (AvgIpc) is 2.97. The Hall–Kier alpha value is -1.95. The van der Waals surface area contributed by atoms with Crippen LogP contribution in [0.5, 0.6) is 5.88 Å². The van der Waals surface area contributed by atoms with Gasteiger partial charge in [0.05, 0.1) is 7.11 Å². The van der Waals surface area contributed by atoms with Gasteiger partial charge in [0.15, 0.2) is 0 Å². The molecule has 0 aromatic carbocycles. The second-order valence-corrected chi connectivity index (χ2v) is 4.99. The largest absolute Gasteiger partial charge is 0.481 e. The molecule has 6 nitrogen and oxygen atoms in total. The lowest BCUT2D eigenvalue weighted by Crippen LogP contribution is -2.23. The number of nitrogens with zero attached hydrogens (tertiary/aromatic N) is 3. The Bertz CT molecular complexity index is 567. The molecule has 1 saturated heterocycles. The molecule has 0 aliphatic carbocycles. The van der Waals surface area contributed by atoms with E-state index in [1.54, 1.807) is 19.4 Å². The number of hydrogen-bond acceptors (Lipinski definition) is 6. The highest BCUT2D eigenvalue weighted by Crippen LogP contribution is 2.31. The van der Waals surface area contributed by atoms with Gasteiger partial charge >= 0.3 is 0 Å². The summed E-state index contributed by atoms with van der Waals surface area (Å²) >= 11 is 0. The zero-order chi connectivity index (χ0) is 13.9. The first-order chi connectivity index (χ1) is 9.78. The van der Waals surface area contributed by atoms with Crippen molar-refractivity contribution < 1.29 is 14.0 Å². The van der Waals surface area contributed by atoms with Crippen LogP contribution in [0.1, 0.15) is 25.2 Å². The molecule has 6 heteroatoms. The maximum atomic E-state index is 5.44. The van der Waals surface area contributed by atoms with E-state index >= 15 is 0 Å². The molecule has 0 N–H and O–H groups in total. The van der Waals surface area contributed by atoms with Crippen LogP contribution < -0.4 is 4.74 Å². The molecule has 3 rings (SSSR count). The Kier molecular flexibility index (Phi) is 3.64. The van der Waals surface area contributed by atoms with Gasteiger partial charge in [-0.25, -0.2) is 4.98 Å². The molecule has 0 bridgehead atoms. The van der Waals surface area contributed by atoms with Crippen LogP contribution in [-0.2, 0) is 4.74 Å². The minimum absolute atomic E-state index is 0.274. The third-order valence-corrected chi connectivity index (χ3v) is 3.60. The molecule has 0 unspecified atom stereocenters. The number of pyridine rings is 1. The monoisotopic (exact) mass is 275 g/mol. The maximum Gasteiger partial charge on any atom is 0.230 e. The summed E-state index contributed by atoms with van der Waals surface area (Å²) in [6.07, 6.45) is 2.60. The first-order valence-electron chi connectivity index (χ1n) is 6.69.